The molecule has 0 spiro atoms. The first kappa shape index (κ1) is 12.8. The van der Waals surface area contributed by atoms with Gasteiger partial charge in [0.05, 0.1) is 5.69 Å². The molecule has 18 heavy (non-hydrogen) atoms. The Bertz CT molecular complexity index is 584. The Morgan fingerprint density at radius 3 is 2.56 bits per heavy atom. The van der Waals surface area contributed by atoms with E-state index in [9.17, 15) is 8.78 Å². The smallest absolute Gasteiger partial charge is 0.187 e. The normalized spacial score (nSPS) is 10.5. The second-order valence-electron chi connectivity index (χ2n) is 3.60. The molecule has 0 amide bonds. The van der Waals surface area contributed by atoms with Crippen LogP contribution in [0.2, 0.25) is 0 Å². The van der Waals surface area contributed by atoms with Crippen LogP contribution in [0.25, 0.3) is 11.4 Å². The van der Waals surface area contributed by atoms with E-state index in [1.54, 1.807) is 6.07 Å². The number of rotatable bonds is 2. The van der Waals surface area contributed by atoms with Crippen LogP contribution < -0.4 is 11.3 Å². The Kier molecular flexibility index (Phi) is 3.53. The quantitative estimate of drug-likeness (QED) is 0.661. The first-order valence-corrected chi connectivity index (χ1v) is 5.78. The zero-order chi connectivity index (χ0) is 13.3. The van der Waals surface area contributed by atoms with Crippen LogP contribution in [-0.4, -0.2) is 9.97 Å². The van der Waals surface area contributed by atoms with Crippen LogP contribution in [0.4, 0.5) is 14.6 Å². The molecule has 0 fully saturated rings. The third kappa shape index (κ3) is 2.46. The van der Waals surface area contributed by atoms with Crippen molar-refractivity contribution in [2.45, 2.75) is 6.92 Å². The van der Waals surface area contributed by atoms with Crippen molar-refractivity contribution in [1.82, 2.24) is 9.97 Å². The van der Waals surface area contributed by atoms with Crippen molar-refractivity contribution in [3.05, 3.63) is 40.0 Å². The molecule has 0 saturated carbocycles. The van der Waals surface area contributed by atoms with Crippen molar-refractivity contribution in [1.29, 1.82) is 0 Å². The second-order valence-corrected chi connectivity index (χ2v) is 4.51. The summed E-state index contributed by atoms with van der Waals surface area (Å²) in [6.45, 7) is 1.48. The van der Waals surface area contributed by atoms with Crippen LogP contribution >= 0.6 is 15.9 Å². The van der Waals surface area contributed by atoms with Gasteiger partial charge < -0.3 is 5.43 Å². The van der Waals surface area contributed by atoms with Crippen molar-refractivity contribution >= 4 is 21.7 Å². The molecule has 2 rings (SSSR count). The lowest BCUT2D eigenvalue weighted by Crippen LogP contribution is -2.13. The number of benzene rings is 1. The number of hydrogen-bond acceptors (Lipinski definition) is 4. The van der Waals surface area contributed by atoms with Gasteiger partial charge >= 0.3 is 0 Å². The number of aromatic nitrogens is 2. The van der Waals surface area contributed by atoms with E-state index in [1.807, 2.05) is 0 Å². The first-order valence-electron chi connectivity index (χ1n) is 4.98. The van der Waals surface area contributed by atoms with E-state index in [-0.39, 0.29) is 17.3 Å². The zero-order valence-corrected chi connectivity index (χ0v) is 10.9. The topological polar surface area (TPSA) is 63.8 Å². The van der Waals surface area contributed by atoms with Crippen LogP contribution in [0.1, 0.15) is 5.69 Å². The van der Waals surface area contributed by atoms with E-state index in [1.165, 1.54) is 19.1 Å². The van der Waals surface area contributed by atoms with Gasteiger partial charge in [0, 0.05) is 10.0 Å². The third-order valence-corrected chi connectivity index (χ3v) is 2.73. The molecular weight excluding hydrogens is 306 g/mol. The Morgan fingerprint density at radius 1 is 1.22 bits per heavy atom. The maximum Gasteiger partial charge on any atom is 0.187 e. The fraction of sp³-hybridized carbons (Fsp3) is 0.0909. The molecule has 0 aliphatic heterocycles. The summed E-state index contributed by atoms with van der Waals surface area (Å²) < 4.78 is 27.3. The molecule has 4 nitrogen and oxygen atoms in total. The van der Waals surface area contributed by atoms with Gasteiger partial charge in [-0.3, -0.25) is 0 Å². The van der Waals surface area contributed by atoms with Gasteiger partial charge in [0.1, 0.15) is 5.82 Å². The number of aryl methyl sites for hydroxylation is 1. The molecule has 1 heterocycles. The first-order chi connectivity index (χ1) is 8.51. The van der Waals surface area contributed by atoms with Crippen molar-refractivity contribution < 1.29 is 8.78 Å². The van der Waals surface area contributed by atoms with E-state index < -0.39 is 11.6 Å². The molecule has 1 aromatic heterocycles. The van der Waals surface area contributed by atoms with Crippen LogP contribution in [0.15, 0.2) is 22.7 Å². The van der Waals surface area contributed by atoms with E-state index in [4.69, 9.17) is 5.84 Å². The minimum Gasteiger partial charge on any atom is -0.306 e. The average Bonchev–Trinajstić information content (AvgIpc) is 2.31. The summed E-state index contributed by atoms with van der Waals surface area (Å²) >= 11 is 3.17. The fourth-order valence-corrected chi connectivity index (χ4v) is 1.93. The van der Waals surface area contributed by atoms with Gasteiger partial charge in [0.25, 0.3) is 0 Å². The standard InChI is InChI=1S/C11H9BrF2N4/c1-5-9(14)11(18-15)17-10(16-5)6-2-7(12)4-8(13)3-6/h2-4H,15H2,1H3,(H,16,17,18). The highest BCUT2D eigenvalue weighted by molar-refractivity contribution is 9.10. The highest BCUT2D eigenvalue weighted by atomic mass is 79.9. The predicted octanol–water partition coefficient (Wildman–Crippen LogP) is 2.78. The second kappa shape index (κ2) is 4.95. The molecule has 0 atom stereocenters. The summed E-state index contributed by atoms with van der Waals surface area (Å²) in [5.74, 6) is 4.17. The van der Waals surface area contributed by atoms with Crippen molar-refractivity contribution in [3.8, 4) is 11.4 Å². The SMILES string of the molecule is Cc1nc(-c2cc(F)cc(Br)c2)nc(NN)c1F. The van der Waals surface area contributed by atoms with Crippen LogP contribution in [0, 0.1) is 18.6 Å². The molecule has 0 radical (unpaired) electrons. The van der Waals surface area contributed by atoms with Gasteiger partial charge in [-0.25, -0.2) is 24.6 Å². The number of nitrogen functional groups attached to an aromatic ring is 1. The van der Waals surface area contributed by atoms with Gasteiger partial charge in [0.15, 0.2) is 17.5 Å². The number of nitrogens with zero attached hydrogens (tertiary/aromatic N) is 2. The number of nitrogens with two attached hydrogens (primary N) is 1. The maximum absolute atomic E-state index is 13.5. The monoisotopic (exact) mass is 314 g/mol. The van der Waals surface area contributed by atoms with Gasteiger partial charge in [-0.2, -0.15) is 0 Å². The number of halogens is 3. The molecule has 0 bridgehead atoms. The van der Waals surface area contributed by atoms with E-state index in [0.29, 0.717) is 10.0 Å². The summed E-state index contributed by atoms with van der Waals surface area (Å²) in [6, 6.07) is 4.20. The lowest BCUT2D eigenvalue weighted by Gasteiger charge is -2.07. The molecule has 2 aromatic rings. The molecule has 3 N–H and O–H groups in total. The number of nitrogens with one attached hydrogen (secondary N) is 1. The third-order valence-electron chi connectivity index (χ3n) is 2.27. The minimum atomic E-state index is -0.628. The van der Waals surface area contributed by atoms with E-state index >= 15 is 0 Å². The Labute approximate surface area is 110 Å². The molecule has 1 aromatic carbocycles. The molecule has 0 aliphatic rings. The lowest BCUT2D eigenvalue weighted by molar-refractivity contribution is 0.606. The molecule has 0 saturated heterocycles. The number of hydrogen-bond donors (Lipinski definition) is 2. The minimum absolute atomic E-state index is 0.127. The van der Waals surface area contributed by atoms with Crippen LogP contribution in [-0.2, 0) is 0 Å². The molecule has 0 unspecified atom stereocenters. The average molecular weight is 315 g/mol. The van der Waals surface area contributed by atoms with Crippen molar-refractivity contribution in [2.24, 2.45) is 5.84 Å². The van der Waals surface area contributed by atoms with Gasteiger partial charge in [0.2, 0.25) is 0 Å². The Balaban J connectivity index is 2.60. The summed E-state index contributed by atoms with van der Waals surface area (Å²) in [7, 11) is 0. The number of hydrazine groups is 1. The molecule has 0 aliphatic carbocycles. The summed E-state index contributed by atoms with van der Waals surface area (Å²) in [6.07, 6.45) is 0. The van der Waals surface area contributed by atoms with Crippen molar-refractivity contribution in [3.63, 3.8) is 0 Å². The maximum atomic E-state index is 13.5. The fourth-order valence-electron chi connectivity index (χ4n) is 1.47. The molecule has 7 heteroatoms. The largest absolute Gasteiger partial charge is 0.306 e. The highest BCUT2D eigenvalue weighted by Gasteiger charge is 2.12. The predicted molar refractivity (Wildman–Crippen MR) is 67.6 cm³/mol. The van der Waals surface area contributed by atoms with Crippen LogP contribution in [0.3, 0.4) is 0 Å². The lowest BCUT2D eigenvalue weighted by atomic mass is 10.2. The van der Waals surface area contributed by atoms with Crippen molar-refractivity contribution in [2.75, 3.05) is 5.43 Å². The Morgan fingerprint density at radius 2 is 1.94 bits per heavy atom. The summed E-state index contributed by atoms with van der Waals surface area (Å²) in [5.41, 5.74) is 2.71. The Hall–Kier alpha value is -1.60. The van der Waals surface area contributed by atoms with Crippen LogP contribution in [0.5, 0.6) is 0 Å². The van der Waals surface area contributed by atoms with E-state index in [0.717, 1.165) is 0 Å². The zero-order valence-electron chi connectivity index (χ0n) is 9.34. The summed E-state index contributed by atoms with van der Waals surface area (Å²) in [4.78, 5) is 7.86. The van der Waals surface area contributed by atoms with Gasteiger partial charge in [-0.15, -0.1) is 0 Å². The highest BCUT2D eigenvalue weighted by Crippen LogP contribution is 2.24. The van der Waals surface area contributed by atoms with E-state index in [2.05, 4.69) is 31.3 Å². The molecule has 94 valence electrons. The number of anilines is 1. The van der Waals surface area contributed by atoms with Gasteiger partial charge in [-0.05, 0) is 25.1 Å². The van der Waals surface area contributed by atoms with Gasteiger partial charge in [-0.1, -0.05) is 15.9 Å². The summed E-state index contributed by atoms with van der Waals surface area (Å²) in [5, 5.41) is 0. The molecular formula is C11H9BrF2N4.